The molecule has 2 aromatic carbocycles. The first-order valence-electron chi connectivity index (χ1n) is 6.91. The van der Waals surface area contributed by atoms with Crippen LogP contribution in [0.5, 0.6) is 11.5 Å². The van der Waals surface area contributed by atoms with Crippen LogP contribution in [0.2, 0.25) is 5.02 Å². The van der Waals surface area contributed by atoms with Gasteiger partial charge in [-0.3, -0.25) is 0 Å². The molecule has 3 rings (SSSR count). The van der Waals surface area contributed by atoms with Gasteiger partial charge in [-0.2, -0.15) is 0 Å². The number of phenols is 1. The first-order valence-corrected chi connectivity index (χ1v) is 7.28. The van der Waals surface area contributed by atoms with E-state index in [0.717, 1.165) is 11.3 Å². The fourth-order valence-electron chi connectivity index (χ4n) is 2.29. The number of hydrogen-bond acceptors (Lipinski definition) is 5. The minimum absolute atomic E-state index is 0.149. The SMILES string of the molecule is COc1ccc(C(Nn2cnnc2)c2cc(Cl)ccc2O)cc1. The Labute approximate surface area is 138 Å². The molecule has 1 heterocycles. The summed E-state index contributed by atoms with van der Waals surface area (Å²) in [4.78, 5) is 0. The van der Waals surface area contributed by atoms with Gasteiger partial charge in [-0.1, -0.05) is 23.7 Å². The molecule has 0 radical (unpaired) electrons. The summed E-state index contributed by atoms with van der Waals surface area (Å²) in [5.74, 6) is 0.905. The predicted octanol–water partition coefficient (Wildman–Crippen LogP) is 2.98. The Kier molecular flexibility index (Phi) is 4.34. The number of methoxy groups -OCH3 is 1. The second-order valence-electron chi connectivity index (χ2n) is 4.91. The first kappa shape index (κ1) is 15.2. The van der Waals surface area contributed by atoms with Crippen LogP contribution >= 0.6 is 11.6 Å². The molecule has 0 spiro atoms. The molecule has 0 saturated heterocycles. The third kappa shape index (κ3) is 3.37. The Morgan fingerprint density at radius 3 is 2.48 bits per heavy atom. The number of nitrogens with zero attached hydrogens (tertiary/aromatic N) is 3. The second-order valence-corrected chi connectivity index (χ2v) is 5.34. The normalized spacial score (nSPS) is 11.9. The molecule has 3 aromatic rings. The summed E-state index contributed by atoms with van der Waals surface area (Å²) < 4.78 is 6.81. The summed E-state index contributed by atoms with van der Waals surface area (Å²) in [6.45, 7) is 0. The summed E-state index contributed by atoms with van der Waals surface area (Å²) in [6.07, 6.45) is 3.08. The highest BCUT2D eigenvalue weighted by atomic mass is 35.5. The molecule has 0 aliphatic carbocycles. The number of aromatic hydroxyl groups is 1. The molecule has 6 nitrogen and oxygen atoms in total. The largest absolute Gasteiger partial charge is 0.508 e. The van der Waals surface area contributed by atoms with E-state index in [1.165, 1.54) is 12.7 Å². The monoisotopic (exact) mass is 330 g/mol. The van der Waals surface area contributed by atoms with Gasteiger partial charge in [0.25, 0.3) is 0 Å². The van der Waals surface area contributed by atoms with Crippen LogP contribution in [0.4, 0.5) is 0 Å². The van der Waals surface area contributed by atoms with Crippen LogP contribution in [0, 0.1) is 0 Å². The van der Waals surface area contributed by atoms with Gasteiger partial charge in [0, 0.05) is 10.6 Å². The first-order chi connectivity index (χ1) is 11.2. The lowest BCUT2D eigenvalue weighted by molar-refractivity contribution is 0.414. The third-order valence-electron chi connectivity index (χ3n) is 3.45. The number of halogens is 1. The maximum atomic E-state index is 10.2. The molecule has 23 heavy (non-hydrogen) atoms. The molecule has 1 unspecified atom stereocenters. The van der Waals surface area contributed by atoms with Crippen molar-refractivity contribution in [3.05, 3.63) is 71.3 Å². The highest BCUT2D eigenvalue weighted by molar-refractivity contribution is 6.30. The van der Waals surface area contributed by atoms with Crippen molar-refractivity contribution < 1.29 is 9.84 Å². The van der Waals surface area contributed by atoms with Crippen LogP contribution in [0.1, 0.15) is 17.2 Å². The highest BCUT2D eigenvalue weighted by Gasteiger charge is 2.18. The van der Waals surface area contributed by atoms with Gasteiger partial charge in [0.1, 0.15) is 24.2 Å². The molecular formula is C16H15ClN4O2. The topological polar surface area (TPSA) is 72.2 Å². The fourth-order valence-corrected chi connectivity index (χ4v) is 2.47. The van der Waals surface area contributed by atoms with Crippen molar-refractivity contribution in [3.63, 3.8) is 0 Å². The van der Waals surface area contributed by atoms with Gasteiger partial charge in [0.2, 0.25) is 0 Å². The Bertz CT molecular complexity index is 775. The zero-order chi connectivity index (χ0) is 16.2. The molecule has 0 aliphatic rings. The van der Waals surface area contributed by atoms with Crippen LogP contribution < -0.4 is 10.2 Å². The van der Waals surface area contributed by atoms with E-state index in [9.17, 15) is 5.11 Å². The smallest absolute Gasteiger partial charge is 0.138 e. The Hall–Kier alpha value is -2.73. The maximum absolute atomic E-state index is 10.2. The van der Waals surface area contributed by atoms with Gasteiger partial charge in [-0.15, -0.1) is 10.2 Å². The lowest BCUT2D eigenvalue weighted by Crippen LogP contribution is -2.21. The van der Waals surface area contributed by atoms with Crippen molar-refractivity contribution in [1.82, 2.24) is 14.9 Å². The van der Waals surface area contributed by atoms with Gasteiger partial charge in [0.15, 0.2) is 0 Å². The number of nitrogens with one attached hydrogen (secondary N) is 1. The average molecular weight is 331 g/mol. The van der Waals surface area contributed by atoms with Crippen LogP contribution in [0.25, 0.3) is 0 Å². The molecule has 0 bridgehead atoms. The zero-order valence-electron chi connectivity index (χ0n) is 12.3. The van der Waals surface area contributed by atoms with Crippen LogP contribution in [-0.2, 0) is 0 Å². The summed E-state index contributed by atoms with van der Waals surface area (Å²) in [5.41, 5.74) is 4.81. The number of aromatic nitrogens is 3. The summed E-state index contributed by atoms with van der Waals surface area (Å²) in [6, 6.07) is 12.2. The van der Waals surface area contributed by atoms with Gasteiger partial charge in [0.05, 0.1) is 13.2 Å². The predicted molar refractivity (Wildman–Crippen MR) is 87.3 cm³/mol. The molecule has 0 aliphatic heterocycles. The van der Waals surface area contributed by atoms with Gasteiger partial charge < -0.3 is 15.3 Å². The zero-order valence-corrected chi connectivity index (χ0v) is 13.1. The van der Waals surface area contributed by atoms with Crippen molar-refractivity contribution in [2.45, 2.75) is 6.04 Å². The lowest BCUT2D eigenvalue weighted by Gasteiger charge is -2.22. The van der Waals surface area contributed by atoms with E-state index < -0.39 is 0 Å². The molecule has 2 N–H and O–H groups in total. The van der Waals surface area contributed by atoms with Gasteiger partial charge >= 0.3 is 0 Å². The third-order valence-corrected chi connectivity index (χ3v) is 3.68. The number of rotatable bonds is 5. The fraction of sp³-hybridized carbons (Fsp3) is 0.125. The molecule has 118 valence electrons. The van der Waals surface area contributed by atoms with Crippen molar-refractivity contribution in [2.24, 2.45) is 0 Å². The molecule has 0 saturated carbocycles. The molecule has 1 atom stereocenters. The van der Waals surface area contributed by atoms with Crippen LogP contribution in [0.15, 0.2) is 55.1 Å². The minimum Gasteiger partial charge on any atom is -0.508 e. The van der Waals surface area contributed by atoms with E-state index in [1.54, 1.807) is 30.0 Å². The van der Waals surface area contributed by atoms with Crippen molar-refractivity contribution in [1.29, 1.82) is 0 Å². The van der Waals surface area contributed by atoms with E-state index in [4.69, 9.17) is 16.3 Å². The van der Waals surface area contributed by atoms with Crippen LogP contribution in [-0.4, -0.2) is 27.1 Å². The van der Waals surface area contributed by atoms with E-state index in [2.05, 4.69) is 15.6 Å². The van der Waals surface area contributed by atoms with Crippen LogP contribution in [0.3, 0.4) is 0 Å². The van der Waals surface area contributed by atoms with E-state index in [-0.39, 0.29) is 11.8 Å². The number of hydrogen-bond donors (Lipinski definition) is 2. The number of benzene rings is 2. The highest BCUT2D eigenvalue weighted by Crippen LogP contribution is 2.33. The van der Waals surface area contributed by atoms with Crippen molar-refractivity contribution in [2.75, 3.05) is 12.5 Å². The minimum atomic E-state index is -0.337. The van der Waals surface area contributed by atoms with Gasteiger partial charge in [-0.05, 0) is 35.9 Å². The summed E-state index contributed by atoms with van der Waals surface area (Å²) >= 11 is 6.09. The molecule has 0 amide bonds. The molecule has 0 fully saturated rings. The molecule has 1 aromatic heterocycles. The van der Waals surface area contributed by atoms with E-state index in [1.807, 2.05) is 24.3 Å². The van der Waals surface area contributed by atoms with E-state index >= 15 is 0 Å². The lowest BCUT2D eigenvalue weighted by atomic mass is 9.98. The standard InChI is InChI=1S/C16H15ClN4O2/c1-23-13-5-2-11(3-6-13)16(20-21-9-18-19-10-21)14-8-12(17)4-7-15(14)22/h2-10,16,20,22H,1H3. The Morgan fingerprint density at radius 1 is 1.13 bits per heavy atom. The van der Waals surface area contributed by atoms with E-state index in [0.29, 0.717) is 10.6 Å². The summed E-state index contributed by atoms with van der Waals surface area (Å²) in [7, 11) is 1.62. The maximum Gasteiger partial charge on any atom is 0.138 e. The number of ether oxygens (including phenoxy) is 1. The average Bonchev–Trinajstić information content (AvgIpc) is 3.08. The van der Waals surface area contributed by atoms with Gasteiger partial charge in [-0.25, -0.2) is 4.68 Å². The quantitative estimate of drug-likeness (QED) is 0.752. The van der Waals surface area contributed by atoms with Crippen molar-refractivity contribution >= 4 is 11.6 Å². The molecule has 7 heteroatoms. The second kappa shape index (κ2) is 6.58. The Balaban J connectivity index is 2.03. The van der Waals surface area contributed by atoms with Crippen molar-refractivity contribution in [3.8, 4) is 11.5 Å². The number of phenolic OH excluding ortho intramolecular Hbond substituents is 1. The summed E-state index contributed by atoms with van der Waals surface area (Å²) in [5, 5.41) is 18.3. The Morgan fingerprint density at radius 2 is 1.83 bits per heavy atom. The molecular weight excluding hydrogens is 316 g/mol.